The Morgan fingerprint density at radius 2 is 1.78 bits per heavy atom. The molecule has 142 valence electrons. The average molecular weight is 369 g/mol. The van der Waals surface area contributed by atoms with Crippen molar-refractivity contribution in [2.75, 3.05) is 14.2 Å². The summed E-state index contributed by atoms with van der Waals surface area (Å²) in [5.41, 5.74) is 2.10. The van der Waals surface area contributed by atoms with E-state index < -0.39 is 5.97 Å². The van der Waals surface area contributed by atoms with Gasteiger partial charge in [0.1, 0.15) is 11.5 Å². The highest BCUT2D eigenvalue weighted by Gasteiger charge is 2.34. The lowest BCUT2D eigenvalue weighted by Crippen LogP contribution is -2.33. The summed E-state index contributed by atoms with van der Waals surface area (Å²) in [5, 5.41) is 9.28. The standard InChI is InChI=1S/C21H23NO5/c1-13-8-14(10-15(9-13)21(24)25)20(23)22(17-4-5-17)12-16-11-18(26-2)6-7-19(16)27-3/h6-11,17H,4-5,12H2,1-3H3,(H,24,25). The van der Waals surface area contributed by atoms with E-state index in [0.29, 0.717) is 23.6 Å². The monoisotopic (exact) mass is 369 g/mol. The molecule has 0 bridgehead atoms. The van der Waals surface area contributed by atoms with Gasteiger partial charge in [0, 0.05) is 17.2 Å². The summed E-state index contributed by atoms with van der Waals surface area (Å²) in [5.74, 6) is 0.163. The SMILES string of the molecule is COc1ccc(OC)c(CN(C(=O)c2cc(C)cc(C(=O)O)c2)C2CC2)c1. The summed E-state index contributed by atoms with van der Waals surface area (Å²) >= 11 is 0. The molecule has 0 heterocycles. The molecule has 1 amide bonds. The van der Waals surface area contributed by atoms with Crippen LogP contribution < -0.4 is 9.47 Å². The Labute approximate surface area is 158 Å². The van der Waals surface area contributed by atoms with Crippen molar-refractivity contribution >= 4 is 11.9 Å². The van der Waals surface area contributed by atoms with Crippen LogP contribution in [0.25, 0.3) is 0 Å². The van der Waals surface area contributed by atoms with Crippen molar-refractivity contribution in [1.82, 2.24) is 4.90 Å². The number of rotatable bonds is 7. The zero-order valence-electron chi connectivity index (χ0n) is 15.7. The largest absolute Gasteiger partial charge is 0.497 e. The summed E-state index contributed by atoms with van der Waals surface area (Å²) in [6.07, 6.45) is 1.88. The van der Waals surface area contributed by atoms with Gasteiger partial charge in [-0.1, -0.05) is 0 Å². The fourth-order valence-corrected chi connectivity index (χ4v) is 3.14. The molecule has 1 aliphatic rings. The number of benzene rings is 2. The van der Waals surface area contributed by atoms with Crippen LogP contribution in [0, 0.1) is 6.92 Å². The van der Waals surface area contributed by atoms with Gasteiger partial charge in [-0.2, -0.15) is 0 Å². The number of carbonyl (C=O) groups is 2. The van der Waals surface area contributed by atoms with Gasteiger partial charge < -0.3 is 19.5 Å². The van der Waals surface area contributed by atoms with E-state index in [2.05, 4.69) is 0 Å². The number of hydrogen-bond acceptors (Lipinski definition) is 4. The second kappa shape index (κ2) is 7.70. The number of hydrogen-bond donors (Lipinski definition) is 1. The molecule has 3 rings (SSSR count). The van der Waals surface area contributed by atoms with E-state index in [1.165, 1.54) is 6.07 Å². The zero-order chi connectivity index (χ0) is 19.6. The van der Waals surface area contributed by atoms with Crippen molar-refractivity contribution in [3.8, 4) is 11.5 Å². The Hall–Kier alpha value is -3.02. The first-order chi connectivity index (χ1) is 12.9. The average Bonchev–Trinajstić information content (AvgIpc) is 3.49. The van der Waals surface area contributed by atoms with E-state index in [1.807, 2.05) is 18.2 Å². The van der Waals surface area contributed by atoms with Crippen LogP contribution in [0.2, 0.25) is 0 Å². The topological polar surface area (TPSA) is 76.1 Å². The molecule has 2 aromatic carbocycles. The van der Waals surface area contributed by atoms with Crippen molar-refractivity contribution in [3.05, 3.63) is 58.7 Å². The van der Waals surface area contributed by atoms with E-state index in [-0.39, 0.29) is 17.5 Å². The second-order valence-electron chi connectivity index (χ2n) is 6.73. The molecule has 0 unspecified atom stereocenters. The highest BCUT2D eigenvalue weighted by molar-refractivity contribution is 5.98. The molecule has 27 heavy (non-hydrogen) atoms. The van der Waals surface area contributed by atoms with Crippen molar-refractivity contribution in [1.29, 1.82) is 0 Å². The summed E-state index contributed by atoms with van der Waals surface area (Å²) in [4.78, 5) is 26.3. The molecule has 0 atom stereocenters. The molecule has 1 aliphatic carbocycles. The molecule has 1 fully saturated rings. The predicted molar refractivity (Wildman–Crippen MR) is 101 cm³/mol. The van der Waals surface area contributed by atoms with E-state index in [0.717, 1.165) is 24.0 Å². The molecular formula is C21H23NO5. The maximum absolute atomic E-state index is 13.2. The molecule has 0 aromatic heterocycles. The second-order valence-corrected chi connectivity index (χ2v) is 6.73. The van der Waals surface area contributed by atoms with E-state index >= 15 is 0 Å². The molecule has 6 nitrogen and oxygen atoms in total. The Balaban J connectivity index is 1.93. The number of amides is 1. The first kappa shape index (κ1) is 18.8. The van der Waals surface area contributed by atoms with Gasteiger partial charge in [-0.3, -0.25) is 4.79 Å². The number of nitrogens with zero attached hydrogens (tertiary/aromatic N) is 1. The lowest BCUT2D eigenvalue weighted by atomic mass is 10.0. The van der Waals surface area contributed by atoms with Crippen molar-refractivity contribution in [2.45, 2.75) is 32.4 Å². The molecule has 0 aliphatic heterocycles. The first-order valence-corrected chi connectivity index (χ1v) is 8.79. The van der Waals surface area contributed by atoms with Crippen molar-refractivity contribution < 1.29 is 24.2 Å². The third-order valence-electron chi connectivity index (χ3n) is 4.65. The van der Waals surface area contributed by atoms with Gasteiger partial charge in [0.25, 0.3) is 5.91 Å². The molecule has 0 saturated heterocycles. The maximum atomic E-state index is 13.2. The molecule has 1 saturated carbocycles. The number of carboxylic acid groups (broad SMARTS) is 1. The Kier molecular flexibility index (Phi) is 5.35. The van der Waals surface area contributed by atoms with Crippen LogP contribution >= 0.6 is 0 Å². The Bertz CT molecular complexity index is 873. The third-order valence-corrected chi connectivity index (χ3v) is 4.65. The van der Waals surface area contributed by atoms with Gasteiger partial charge in [-0.25, -0.2) is 4.79 Å². The van der Waals surface area contributed by atoms with E-state index in [4.69, 9.17) is 9.47 Å². The summed E-state index contributed by atoms with van der Waals surface area (Å²) < 4.78 is 10.7. The van der Waals surface area contributed by atoms with Gasteiger partial charge in [-0.05, 0) is 61.7 Å². The van der Waals surface area contributed by atoms with Crippen LogP contribution in [0.15, 0.2) is 36.4 Å². The predicted octanol–water partition coefficient (Wildman–Crippen LogP) is 3.52. The molecule has 0 radical (unpaired) electrons. The van der Waals surface area contributed by atoms with Crippen LogP contribution in [0.3, 0.4) is 0 Å². The summed E-state index contributed by atoms with van der Waals surface area (Å²) in [7, 11) is 3.18. The van der Waals surface area contributed by atoms with Crippen LogP contribution in [-0.2, 0) is 6.54 Å². The molecule has 0 spiro atoms. The molecule has 1 N–H and O–H groups in total. The third kappa shape index (κ3) is 4.22. The van der Waals surface area contributed by atoms with Crippen LogP contribution in [0.5, 0.6) is 11.5 Å². The fraction of sp³-hybridized carbons (Fsp3) is 0.333. The van der Waals surface area contributed by atoms with Gasteiger partial charge in [0.15, 0.2) is 0 Å². The molecule has 6 heteroatoms. The number of carboxylic acids is 1. The van der Waals surface area contributed by atoms with E-state index in [1.54, 1.807) is 38.2 Å². The Morgan fingerprint density at radius 3 is 2.37 bits per heavy atom. The molecule has 2 aromatic rings. The highest BCUT2D eigenvalue weighted by Crippen LogP contribution is 2.33. The van der Waals surface area contributed by atoms with Crippen molar-refractivity contribution in [2.24, 2.45) is 0 Å². The quantitative estimate of drug-likeness (QED) is 0.808. The lowest BCUT2D eigenvalue weighted by molar-refractivity contribution is 0.0696. The van der Waals surface area contributed by atoms with Crippen molar-refractivity contribution in [3.63, 3.8) is 0 Å². The normalized spacial score (nSPS) is 13.1. The van der Waals surface area contributed by atoms with Crippen LogP contribution in [0.1, 0.15) is 44.7 Å². The number of aromatic carboxylic acids is 1. The Morgan fingerprint density at radius 1 is 1.07 bits per heavy atom. The van der Waals surface area contributed by atoms with Crippen LogP contribution in [0.4, 0.5) is 0 Å². The van der Waals surface area contributed by atoms with Gasteiger partial charge >= 0.3 is 5.97 Å². The minimum absolute atomic E-state index is 0.119. The minimum atomic E-state index is -1.04. The zero-order valence-corrected chi connectivity index (χ0v) is 15.7. The van der Waals surface area contributed by atoms with Gasteiger partial charge in [0.05, 0.1) is 26.3 Å². The number of aryl methyl sites for hydroxylation is 1. The first-order valence-electron chi connectivity index (χ1n) is 8.79. The fourth-order valence-electron chi connectivity index (χ4n) is 3.14. The number of methoxy groups -OCH3 is 2. The summed E-state index contributed by atoms with van der Waals surface area (Å²) in [6.45, 7) is 2.16. The highest BCUT2D eigenvalue weighted by atomic mass is 16.5. The lowest BCUT2D eigenvalue weighted by Gasteiger charge is -2.24. The van der Waals surface area contributed by atoms with Gasteiger partial charge in [0.2, 0.25) is 0 Å². The van der Waals surface area contributed by atoms with E-state index in [9.17, 15) is 14.7 Å². The smallest absolute Gasteiger partial charge is 0.335 e. The van der Waals surface area contributed by atoms with Crippen LogP contribution in [-0.4, -0.2) is 42.1 Å². The summed E-state index contributed by atoms with van der Waals surface area (Å²) in [6, 6.07) is 10.4. The maximum Gasteiger partial charge on any atom is 0.335 e. The minimum Gasteiger partial charge on any atom is -0.497 e. The molecular weight excluding hydrogens is 346 g/mol. The number of ether oxygens (including phenoxy) is 2. The van der Waals surface area contributed by atoms with Gasteiger partial charge in [-0.15, -0.1) is 0 Å². The number of carbonyl (C=O) groups excluding carboxylic acids is 1.